The lowest BCUT2D eigenvalue weighted by atomic mass is 9.99. The quantitative estimate of drug-likeness (QED) is 0.610. The van der Waals surface area contributed by atoms with Crippen LogP contribution in [0.15, 0.2) is 0 Å². The van der Waals surface area contributed by atoms with Crippen molar-refractivity contribution in [3.8, 4) is 0 Å². The minimum atomic E-state index is 0.265. The molecule has 0 bridgehead atoms. The van der Waals surface area contributed by atoms with Crippen molar-refractivity contribution in [1.29, 1.82) is 0 Å². The molecule has 3 nitrogen and oxygen atoms in total. The fraction of sp³-hybridized carbons (Fsp3) is 0.929. The van der Waals surface area contributed by atoms with Crippen LogP contribution >= 0.6 is 12.6 Å². The lowest BCUT2D eigenvalue weighted by Gasteiger charge is -2.30. The molecule has 1 amide bonds. The molecular formula is C14H26N2OS. The molecule has 0 aromatic carbocycles. The smallest absolute Gasteiger partial charge is 0.223 e. The summed E-state index contributed by atoms with van der Waals surface area (Å²) in [6, 6.07) is 0. The molecule has 0 radical (unpaired) electrons. The van der Waals surface area contributed by atoms with Gasteiger partial charge in [0.05, 0.1) is 0 Å². The van der Waals surface area contributed by atoms with E-state index in [4.69, 9.17) is 0 Å². The Hall–Kier alpha value is -0.220. The van der Waals surface area contributed by atoms with Gasteiger partial charge >= 0.3 is 0 Å². The van der Waals surface area contributed by atoms with Crippen molar-refractivity contribution in [2.45, 2.75) is 44.3 Å². The highest BCUT2D eigenvalue weighted by molar-refractivity contribution is 7.81. The van der Waals surface area contributed by atoms with Crippen molar-refractivity contribution in [1.82, 2.24) is 9.80 Å². The zero-order valence-corrected chi connectivity index (χ0v) is 12.4. The van der Waals surface area contributed by atoms with Gasteiger partial charge in [-0.1, -0.05) is 6.92 Å². The Morgan fingerprint density at radius 3 is 2.50 bits per heavy atom. The minimum Gasteiger partial charge on any atom is -0.342 e. The van der Waals surface area contributed by atoms with E-state index in [0.29, 0.717) is 12.3 Å². The molecule has 2 fully saturated rings. The first kappa shape index (κ1) is 14.2. The van der Waals surface area contributed by atoms with Crippen LogP contribution in [0.25, 0.3) is 0 Å². The summed E-state index contributed by atoms with van der Waals surface area (Å²) in [6.45, 7) is 7.87. The molecule has 0 aromatic rings. The van der Waals surface area contributed by atoms with E-state index in [9.17, 15) is 4.79 Å². The van der Waals surface area contributed by atoms with E-state index in [1.54, 1.807) is 0 Å². The second-order valence-corrected chi connectivity index (χ2v) is 6.66. The number of likely N-dealkylation sites (tertiary alicyclic amines) is 2. The fourth-order valence-electron chi connectivity index (χ4n) is 2.89. The molecule has 2 rings (SSSR count). The SMILES string of the molecule is CC1CCN(CCCCN2CC(S)CC2=O)CC1. The van der Waals surface area contributed by atoms with Crippen LogP contribution in [0.1, 0.15) is 39.0 Å². The molecule has 2 aliphatic rings. The summed E-state index contributed by atoms with van der Waals surface area (Å²) in [4.78, 5) is 16.1. The molecular weight excluding hydrogens is 244 g/mol. The van der Waals surface area contributed by atoms with Gasteiger partial charge in [0.2, 0.25) is 5.91 Å². The van der Waals surface area contributed by atoms with Gasteiger partial charge in [-0.25, -0.2) is 0 Å². The molecule has 2 aliphatic heterocycles. The van der Waals surface area contributed by atoms with E-state index in [1.165, 1.54) is 38.9 Å². The molecule has 18 heavy (non-hydrogen) atoms. The Morgan fingerprint density at radius 1 is 1.22 bits per heavy atom. The molecule has 1 atom stereocenters. The van der Waals surface area contributed by atoms with Gasteiger partial charge in [0.1, 0.15) is 0 Å². The maximum atomic E-state index is 11.6. The Bertz CT molecular complexity index is 277. The molecule has 0 saturated carbocycles. The summed E-state index contributed by atoms with van der Waals surface area (Å²) in [5.74, 6) is 1.21. The fourth-order valence-corrected chi connectivity index (χ4v) is 3.24. The van der Waals surface area contributed by atoms with E-state index in [0.717, 1.165) is 25.4 Å². The van der Waals surface area contributed by atoms with Gasteiger partial charge in [-0.2, -0.15) is 12.6 Å². The van der Waals surface area contributed by atoms with E-state index >= 15 is 0 Å². The normalized spacial score (nSPS) is 27.1. The van der Waals surface area contributed by atoms with Crippen LogP contribution in [-0.4, -0.2) is 53.7 Å². The summed E-state index contributed by atoms with van der Waals surface area (Å²) < 4.78 is 0. The monoisotopic (exact) mass is 270 g/mol. The predicted octanol–water partition coefficient (Wildman–Crippen LogP) is 2.03. The van der Waals surface area contributed by atoms with Crippen LogP contribution in [-0.2, 0) is 4.79 Å². The Labute approximate surface area is 116 Å². The molecule has 0 aromatic heterocycles. The van der Waals surface area contributed by atoms with Gasteiger partial charge in [-0.3, -0.25) is 4.79 Å². The number of amides is 1. The number of hydrogen-bond donors (Lipinski definition) is 1. The standard InChI is InChI=1S/C14H26N2OS/c1-12-4-8-15(9-5-12)6-2-3-7-16-11-13(18)10-14(16)17/h12-13,18H,2-11H2,1H3. The third kappa shape index (κ3) is 4.16. The molecule has 0 spiro atoms. The molecule has 2 saturated heterocycles. The summed E-state index contributed by atoms with van der Waals surface area (Å²) in [6.07, 6.45) is 5.69. The average Bonchev–Trinajstić information content (AvgIpc) is 2.66. The number of nitrogens with zero attached hydrogens (tertiary/aromatic N) is 2. The second kappa shape index (κ2) is 6.80. The van der Waals surface area contributed by atoms with Crippen LogP contribution in [0.5, 0.6) is 0 Å². The highest BCUT2D eigenvalue weighted by atomic mass is 32.1. The van der Waals surface area contributed by atoms with Crippen molar-refractivity contribution >= 4 is 18.5 Å². The van der Waals surface area contributed by atoms with Crippen molar-refractivity contribution in [2.24, 2.45) is 5.92 Å². The number of rotatable bonds is 5. The maximum absolute atomic E-state index is 11.6. The number of hydrogen-bond acceptors (Lipinski definition) is 3. The molecule has 1 unspecified atom stereocenters. The van der Waals surface area contributed by atoms with E-state index in [2.05, 4.69) is 24.5 Å². The Kier molecular flexibility index (Phi) is 5.37. The van der Waals surface area contributed by atoms with E-state index < -0.39 is 0 Å². The van der Waals surface area contributed by atoms with Crippen LogP contribution in [0.2, 0.25) is 0 Å². The molecule has 0 aliphatic carbocycles. The summed E-state index contributed by atoms with van der Waals surface area (Å²) >= 11 is 4.38. The first-order chi connectivity index (χ1) is 8.65. The molecule has 4 heteroatoms. The number of piperidine rings is 1. The van der Waals surface area contributed by atoms with Crippen molar-refractivity contribution < 1.29 is 4.79 Å². The largest absolute Gasteiger partial charge is 0.342 e. The van der Waals surface area contributed by atoms with Crippen LogP contribution < -0.4 is 0 Å². The summed E-state index contributed by atoms with van der Waals surface area (Å²) in [5.41, 5.74) is 0. The summed E-state index contributed by atoms with van der Waals surface area (Å²) in [7, 11) is 0. The number of unbranched alkanes of at least 4 members (excludes halogenated alkanes) is 1. The van der Waals surface area contributed by atoms with Crippen molar-refractivity contribution in [2.75, 3.05) is 32.7 Å². The second-order valence-electron chi connectivity index (χ2n) is 5.93. The third-order valence-corrected chi connectivity index (χ3v) is 4.57. The Morgan fingerprint density at radius 2 is 1.89 bits per heavy atom. The zero-order valence-electron chi connectivity index (χ0n) is 11.5. The maximum Gasteiger partial charge on any atom is 0.223 e. The number of carbonyl (C=O) groups is 1. The van der Waals surface area contributed by atoms with Crippen molar-refractivity contribution in [3.63, 3.8) is 0 Å². The number of carbonyl (C=O) groups excluding carboxylic acids is 1. The van der Waals surface area contributed by atoms with Crippen molar-refractivity contribution in [3.05, 3.63) is 0 Å². The zero-order chi connectivity index (χ0) is 13.0. The molecule has 104 valence electrons. The highest BCUT2D eigenvalue weighted by Crippen LogP contribution is 2.18. The Balaban J connectivity index is 1.55. The van der Waals surface area contributed by atoms with E-state index in [1.807, 2.05) is 4.90 Å². The van der Waals surface area contributed by atoms with E-state index in [-0.39, 0.29) is 5.25 Å². The third-order valence-electron chi connectivity index (χ3n) is 4.22. The first-order valence-electron chi connectivity index (χ1n) is 7.33. The predicted molar refractivity (Wildman–Crippen MR) is 78.0 cm³/mol. The summed E-state index contributed by atoms with van der Waals surface area (Å²) in [5, 5.41) is 0.265. The minimum absolute atomic E-state index is 0.265. The van der Waals surface area contributed by atoms with Gasteiger partial charge < -0.3 is 9.80 Å². The van der Waals surface area contributed by atoms with Gasteiger partial charge in [0.15, 0.2) is 0 Å². The van der Waals surface area contributed by atoms with Crippen LogP contribution in [0, 0.1) is 5.92 Å². The first-order valence-corrected chi connectivity index (χ1v) is 7.85. The van der Waals surface area contributed by atoms with Gasteiger partial charge in [-0.05, 0) is 51.2 Å². The molecule has 0 N–H and O–H groups in total. The van der Waals surface area contributed by atoms with Gasteiger partial charge in [-0.15, -0.1) is 0 Å². The highest BCUT2D eigenvalue weighted by Gasteiger charge is 2.26. The van der Waals surface area contributed by atoms with Gasteiger partial charge in [0.25, 0.3) is 0 Å². The lowest BCUT2D eigenvalue weighted by Crippen LogP contribution is -2.34. The number of thiol groups is 1. The van der Waals surface area contributed by atoms with Crippen LogP contribution in [0.4, 0.5) is 0 Å². The van der Waals surface area contributed by atoms with Crippen LogP contribution in [0.3, 0.4) is 0 Å². The average molecular weight is 270 g/mol. The topological polar surface area (TPSA) is 23.6 Å². The molecule has 2 heterocycles. The lowest BCUT2D eigenvalue weighted by molar-refractivity contribution is -0.127. The van der Waals surface area contributed by atoms with Gasteiger partial charge in [0, 0.05) is 24.8 Å².